The number of methoxy groups -OCH3 is 1. The molecule has 0 radical (unpaired) electrons. The van der Waals surface area contributed by atoms with Crippen LogP contribution in [-0.4, -0.2) is 12.4 Å². The third kappa shape index (κ3) is 2.56. The van der Waals surface area contributed by atoms with Gasteiger partial charge in [0.25, 0.3) is 0 Å². The van der Waals surface area contributed by atoms with Gasteiger partial charge in [-0.2, -0.15) is 0 Å². The van der Waals surface area contributed by atoms with E-state index in [4.69, 9.17) is 4.74 Å². The van der Waals surface area contributed by atoms with Crippen molar-refractivity contribution in [3.8, 4) is 5.75 Å². The second-order valence-electron chi connectivity index (χ2n) is 2.41. The number of rotatable bonds is 3. The summed E-state index contributed by atoms with van der Waals surface area (Å²) in [4.78, 5) is 0. The maximum atomic E-state index is 13.2. The lowest BCUT2D eigenvalue weighted by Gasteiger charge is -2.04. The van der Waals surface area contributed by atoms with Gasteiger partial charge in [-0.3, -0.25) is 0 Å². The van der Waals surface area contributed by atoms with Crippen LogP contribution in [-0.2, 0) is 0 Å². The van der Waals surface area contributed by atoms with Crippen molar-refractivity contribution in [3.63, 3.8) is 0 Å². The van der Waals surface area contributed by atoms with E-state index in [2.05, 4.69) is 15.9 Å². The highest BCUT2D eigenvalue weighted by Gasteiger charge is 2.04. The molecule has 0 unspecified atom stereocenters. The van der Waals surface area contributed by atoms with Gasteiger partial charge in [0.2, 0.25) is 0 Å². The summed E-state index contributed by atoms with van der Waals surface area (Å²) < 4.78 is 18.2. The molecule has 70 valence electrons. The largest absolute Gasteiger partial charge is 0.496 e. The molecule has 0 aromatic heterocycles. The third-order valence-electron chi connectivity index (χ3n) is 1.61. The molecule has 0 spiro atoms. The Kier molecular flexibility index (Phi) is 3.96. The van der Waals surface area contributed by atoms with Crippen molar-refractivity contribution in [3.05, 3.63) is 35.7 Å². The zero-order chi connectivity index (χ0) is 9.68. The number of halogens is 2. The lowest BCUT2D eigenvalue weighted by Crippen LogP contribution is -1.89. The fourth-order valence-electron chi connectivity index (χ4n) is 1.02. The maximum Gasteiger partial charge on any atom is 0.134 e. The van der Waals surface area contributed by atoms with Gasteiger partial charge in [-0.15, -0.1) is 0 Å². The van der Waals surface area contributed by atoms with Gasteiger partial charge in [0.05, 0.1) is 12.7 Å². The van der Waals surface area contributed by atoms with Crippen LogP contribution < -0.4 is 4.74 Å². The van der Waals surface area contributed by atoms with E-state index in [1.165, 1.54) is 13.2 Å². The minimum absolute atomic E-state index is 0.267. The third-order valence-corrected chi connectivity index (χ3v) is 1.98. The zero-order valence-corrected chi connectivity index (χ0v) is 8.84. The molecule has 1 rings (SSSR count). The highest BCUT2D eigenvalue weighted by Crippen LogP contribution is 2.22. The summed E-state index contributed by atoms with van der Waals surface area (Å²) in [5.74, 6) is 0.286. The second kappa shape index (κ2) is 5.02. The van der Waals surface area contributed by atoms with Crippen LogP contribution in [0.4, 0.5) is 4.39 Å². The molecule has 0 atom stereocenters. The Bertz CT molecular complexity index is 310. The Labute approximate surface area is 85.3 Å². The molecule has 0 saturated heterocycles. The molecule has 1 aromatic rings. The van der Waals surface area contributed by atoms with Gasteiger partial charge in [-0.05, 0) is 12.1 Å². The van der Waals surface area contributed by atoms with Crippen LogP contribution in [0.15, 0.2) is 24.3 Å². The molecule has 0 N–H and O–H groups in total. The lowest BCUT2D eigenvalue weighted by atomic mass is 10.2. The predicted octanol–water partition coefficient (Wildman–Crippen LogP) is 3.24. The summed E-state index contributed by atoms with van der Waals surface area (Å²) in [6, 6.07) is 4.77. The van der Waals surface area contributed by atoms with E-state index in [-0.39, 0.29) is 5.82 Å². The van der Waals surface area contributed by atoms with Gasteiger partial charge in [-0.25, -0.2) is 4.39 Å². The highest BCUT2D eigenvalue weighted by atomic mass is 79.9. The van der Waals surface area contributed by atoms with Crippen molar-refractivity contribution >= 4 is 22.0 Å². The summed E-state index contributed by atoms with van der Waals surface area (Å²) in [7, 11) is 1.53. The van der Waals surface area contributed by atoms with Gasteiger partial charge in [-0.1, -0.05) is 34.1 Å². The van der Waals surface area contributed by atoms with E-state index in [9.17, 15) is 4.39 Å². The van der Waals surface area contributed by atoms with Crippen molar-refractivity contribution in [2.45, 2.75) is 0 Å². The Morgan fingerprint density at radius 3 is 2.92 bits per heavy atom. The van der Waals surface area contributed by atoms with Gasteiger partial charge < -0.3 is 4.74 Å². The molecule has 0 aliphatic heterocycles. The van der Waals surface area contributed by atoms with Crippen molar-refractivity contribution < 1.29 is 9.13 Å². The minimum atomic E-state index is -0.267. The first-order chi connectivity index (χ1) is 6.29. The summed E-state index contributed by atoms with van der Waals surface area (Å²) in [6.07, 6.45) is 3.52. The van der Waals surface area contributed by atoms with Crippen LogP contribution in [0, 0.1) is 5.82 Å². The van der Waals surface area contributed by atoms with Crippen LogP contribution in [0.3, 0.4) is 0 Å². The minimum Gasteiger partial charge on any atom is -0.496 e. The molecular weight excluding hydrogens is 235 g/mol. The van der Waals surface area contributed by atoms with Gasteiger partial charge in [0, 0.05) is 5.33 Å². The first-order valence-electron chi connectivity index (χ1n) is 3.84. The van der Waals surface area contributed by atoms with E-state index in [1.807, 2.05) is 6.08 Å². The van der Waals surface area contributed by atoms with Crippen LogP contribution in [0.25, 0.3) is 6.08 Å². The molecule has 0 fully saturated rings. The maximum absolute atomic E-state index is 13.2. The summed E-state index contributed by atoms with van der Waals surface area (Å²) >= 11 is 3.23. The standard InChI is InChI=1S/C10H10BrFO/c1-13-10-6-2-5-9(12)8(10)4-3-7-11/h2-6H,7H2,1H3. The molecule has 3 heteroatoms. The highest BCUT2D eigenvalue weighted by molar-refractivity contribution is 9.09. The van der Waals surface area contributed by atoms with E-state index in [1.54, 1.807) is 18.2 Å². The summed E-state index contributed by atoms with van der Waals surface area (Å²) in [6.45, 7) is 0. The van der Waals surface area contributed by atoms with Crippen LogP contribution in [0.2, 0.25) is 0 Å². The molecule has 0 heterocycles. The van der Waals surface area contributed by atoms with Crippen LogP contribution in [0.5, 0.6) is 5.75 Å². The molecule has 1 nitrogen and oxygen atoms in total. The molecule has 0 aliphatic carbocycles. The number of hydrogen-bond donors (Lipinski definition) is 0. The van der Waals surface area contributed by atoms with Crippen LogP contribution >= 0.6 is 15.9 Å². The number of hydrogen-bond acceptors (Lipinski definition) is 1. The van der Waals surface area contributed by atoms with Crippen molar-refractivity contribution in [1.29, 1.82) is 0 Å². The molecule has 1 aromatic carbocycles. The normalized spacial score (nSPS) is 10.7. The van der Waals surface area contributed by atoms with E-state index < -0.39 is 0 Å². The lowest BCUT2D eigenvalue weighted by molar-refractivity contribution is 0.410. The molecule has 0 saturated carbocycles. The zero-order valence-electron chi connectivity index (χ0n) is 7.26. The smallest absolute Gasteiger partial charge is 0.134 e. The molecule has 0 aliphatic rings. The van der Waals surface area contributed by atoms with Gasteiger partial charge in [0.1, 0.15) is 11.6 Å². The Morgan fingerprint density at radius 1 is 1.54 bits per heavy atom. The first kappa shape index (κ1) is 10.3. The first-order valence-corrected chi connectivity index (χ1v) is 4.96. The SMILES string of the molecule is COc1cccc(F)c1C=CCBr. The van der Waals surface area contributed by atoms with E-state index in [0.717, 1.165) is 0 Å². The number of alkyl halides is 1. The molecule has 13 heavy (non-hydrogen) atoms. The van der Waals surface area contributed by atoms with E-state index in [0.29, 0.717) is 16.6 Å². The Morgan fingerprint density at radius 2 is 2.31 bits per heavy atom. The molecule has 0 amide bonds. The van der Waals surface area contributed by atoms with Crippen molar-refractivity contribution in [2.75, 3.05) is 12.4 Å². The van der Waals surface area contributed by atoms with Crippen LogP contribution in [0.1, 0.15) is 5.56 Å². The fraction of sp³-hybridized carbons (Fsp3) is 0.200. The number of allylic oxidation sites excluding steroid dienone is 1. The quantitative estimate of drug-likeness (QED) is 0.743. The van der Waals surface area contributed by atoms with Gasteiger partial charge >= 0.3 is 0 Å². The average molecular weight is 245 g/mol. The summed E-state index contributed by atoms with van der Waals surface area (Å²) in [5, 5.41) is 0.699. The van der Waals surface area contributed by atoms with Crippen molar-refractivity contribution in [2.24, 2.45) is 0 Å². The van der Waals surface area contributed by atoms with Gasteiger partial charge in [0.15, 0.2) is 0 Å². The Hall–Kier alpha value is -0.830. The fourth-order valence-corrected chi connectivity index (χ4v) is 1.21. The molecule has 0 bridgehead atoms. The average Bonchev–Trinajstić information content (AvgIpc) is 2.15. The predicted molar refractivity (Wildman–Crippen MR) is 55.8 cm³/mol. The molecular formula is C10H10BrFO. The Balaban J connectivity index is 3.07. The summed E-state index contributed by atoms with van der Waals surface area (Å²) in [5.41, 5.74) is 0.490. The number of benzene rings is 1. The van der Waals surface area contributed by atoms with E-state index >= 15 is 0 Å². The second-order valence-corrected chi connectivity index (χ2v) is 3.06. The van der Waals surface area contributed by atoms with Crippen molar-refractivity contribution in [1.82, 2.24) is 0 Å². The number of ether oxygens (including phenoxy) is 1. The monoisotopic (exact) mass is 244 g/mol. The topological polar surface area (TPSA) is 9.23 Å².